The Morgan fingerprint density at radius 1 is 1.40 bits per heavy atom. The molecule has 1 N–H and O–H groups in total. The highest BCUT2D eigenvalue weighted by Gasteiger charge is 2.13. The van der Waals surface area contributed by atoms with Gasteiger partial charge in [-0.1, -0.05) is 13.8 Å². The molecule has 0 saturated carbocycles. The maximum atomic E-state index is 4.70. The molecule has 108 valence electrons. The monoisotopic (exact) mass is 290 g/mol. The molecule has 0 saturated heterocycles. The van der Waals surface area contributed by atoms with Crippen LogP contribution in [0.2, 0.25) is 0 Å². The summed E-state index contributed by atoms with van der Waals surface area (Å²) in [5.74, 6) is 1.25. The number of thiophene rings is 1. The third-order valence-corrected chi connectivity index (χ3v) is 3.87. The lowest BCUT2D eigenvalue weighted by Gasteiger charge is -2.22. The van der Waals surface area contributed by atoms with Crippen LogP contribution in [0.25, 0.3) is 0 Å². The molecule has 0 aliphatic heterocycles. The zero-order valence-electron chi connectivity index (χ0n) is 12.6. The Morgan fingerprint density at radius 3 is 2.80 bits per heavy atom. The van der Waals surface area contributed by atoms with E-state index in [4.69, 9.17) is 4.98 Å². The first kappa shape index (κ1) is 14.9. The van der Waals surface area contributed by atoms with Crippen molar-refractivity contribution in [2.75, 3.05) is 19.0 Å². The lowest BCUT2D eigenvalue weighted by Crippen LogP contribution is -2.21. The smallest absolute Gasteiger partial charge is 0.131 e. The quantitative estimate of drug-likeness (QED) is 0.888. The van der Waals surface area contributed by atoms with Gasteiger partial charge in [0.15, 0.2) is 0 Å². The SMILES string of the molecule is CNCc1nc(C(C)C)ncc1N(C)Cc1ccsc1. The van der Waals surface area contributed by atoms with E-state index < -0.39 is 0 Å². The standard InChI is InChI=1S/C15H22N4S/c1-11(2)15-17-8-14(13(18-15)7-16-3)19(4)9-12-5-6-20-10-12/h5-6,8,10-11,16H,7,9H2,1-4H3. The van der Waals surface area contributed by atoms with Crippen LogP contribution < -0.4 is 10.2 Å². The van der Waals surface area contributed by atoms with Gasteiger partial charge in [-0.3, -0.25) is 0 Å². The molecule has 0 fully saturated rings. The maximum Gasteiger partial charge on any atom is 0.131 e. The molecular weight excluding hydrogens is 268 g/mol. The Labute approximate surface area is 124 Å². The fourth-order valence-electron chi connectivity index (χ4n) is 2.06. The van der Waals surface area contributed by atoms with E-state index in [9.17, 15) is 0 Å². The van der Waals surface area contributed by atoms with Crippen molar-refractivity contribution in [2.24, 2.45) is 0 Å². The minimum atomic E-state index is 0.349. The largest absolute Gasteiger partial charge is 0.367 e. The van der Waals surface area contributed by atoms with Crippen molar-refractivity contribution in [3.8, 4) is 0 Å². The average Bonchev–Trinajstić information content (AvgIpc) is 2.91. The van der Waals surface area contributed by atoms with Crippen LogP contribution in [0.15, 0.2) is 23.0 Å². The van der Waals surface area contributed by atoms with Gasteiger partial charge in [-0.2, -0.15) is 11.3 Å². The maximum absolute atomic E-state index is 4.70. The van der Waals surface area contributed by atoms with E-state index >= 15 is 0 Å². The summed E-state index contributed by atoms with van der Waals surface area (Å²) in [5.41, 5.74) is 3.47. The summed E-state index contributed by atoms with van der Waals surface area (Å²) >= 11 is 1.73. The molecule has 2 heterocycles. The molecule has 2 aromatic heterocycles. The summed E-state index contributed by atoms with van der Waals surface area (Å²) in [6, 6.07) is 2.16. The van der Waals surface area contributed by atoms with Gasteiger partial charge in [-0.25, -0.2) is 9.97 Å². The molecule has 2 rings (SSSR count). The van der Waals surface area contributed by atoms with E-state index in [-0.39, 0.29) is 0 Å². The van der Waals surface area contributed by atoms with Gasteiger partial charge in [0, 0.05) is 26.1 Å². The summed E-state index contributed by atoms with van der Waals surface area (Å²) in [7, 11) is 4.03. The van der Waals surface area contributed by atoms with Gasteiger partial charge in [-0.15, -0.1) is 0 Å². The summed E-state index contributed by atoms with van der Waals surface area (Å²) in [6.45, 7) is 5.87. The van der Waals surface area contributed by atoms with Crippen molar-refractivity contribution in [2.45, 2.75) is 32.9 Å². The first-order chi connectivity index (χ1) is 9.61. The first-order valence-corrected chi connectivity index (χ1v) is 7.78. The highest BCUT2D eigenvalue weighted by Crippen LogP contribution is 2.21. The van der Waals surface area contributed by atoms with Crippen molar-refractivity contribution in [1.82, 2.24) is 15.3 Å². The Kier molecular flexibility index (Phi) is 5.09. The molecule has 2 aromatic rings. The second-order valence-corrected chi connectivity index (χ2v) is 6.01. The van der Waals surface area contributed by atoms with Gasteiger partial charge in [0.2, 0.25) is 0 Å². The van der Waals surface area contributed by atoms with Crippen LogP contribution in [-0.2, 0) is 13.1 Å². The molecular formula is C15H22N4S. The minimum Gasteiger partial charge on any atom is -0.367 e. The van der Waals surface area contributed by atoms with Crippen molar-refractivity contribution < 1.29 is 0 Å². The van der Waals surface area contributed by atoms with E-state index in [1.165, 1.54) is 5.56 Å². The molecule has 0 atom stereocenters. The van der Waals surface area contributed by atoms with Crippen LogP contribution in [0.3, 0.4) is 0 Å². The Morgan fingerprint density at radius 2 is 2.20 bits per heavy atom. The summed E-state index contributed by atoms with van der Waals surface area (Å²) in [4.78, 5) is 11.4. The highest BCUT2D eigenvalue weighted by atomic mass is 32.1. The third kappa shape index (κ3) is 3.55. The Balaban J connectivity index is 2.24. The first-order valence-electron chi connectivity index (χ1n) is 6.84. The molecule has 4 nitrogen and oxygen atoms in total. The number of nitrogens with one attached hydrogen (secondary N) is 1. The van der Waals surface area contributed by atoms with E-state index in [1.54, 1.807) is 11.3 Å². The summed E-state index contributed by atoms with van der Waals surface area (Å²) in [5, 5.41) is 7.47. The molecule has 0 spiro atoms. The lowest BCUT2D eigenvalue weighted by atomic mass is 10.2. The number of nitrogens with zero attached hydrogens (tertiary/aromatic N) is 3. The number of hydrogen-bond donors (Lipinski definition) is 1. The lowest BCUT2D eigenvalue weighted by molar-refractivity contribution is 0.719. The van der Waals surface area contributed by atoms with Crippen molar-refractivity contribution in [3.05, 3.63) is 40.1 Å². The van der Waals surface area contributed by atoms with E-state index in [1.807, 2.05) is 13.2 Å². The molecule has 0 aliphatic carbocycles. The second kappa shape index (κ2) is 6.81. The Hall–Kier alpha value is -1.46. The topological polar surface area (TPSA) is 41.1 Å². The summed E-state index contributed by atoms with van der Waals surface area (Å²) in [6.07, 6.45) is 1.95. The minimum absolute atomic E-state index is 0.349. The van der Waals surface area contributed by atoms with Gasteiger partial charge in [0.25, 0.3) is 0 Å². The van der Waals surface area contributed by atoms with Crippen LogP contribution in [0.5, 0.6) is 0 Å². The molecule has 0 radical (unpaired) electrons. The molecule has 0 bridgehead atoms. The molecule has 0 amide bonds. The molecule has 0 aromatic carbocycles. The molecule has 20 heavy (non-hydrogen) atoms. The normalized spacial score (nSPS) is 11.1. The van der Waals surface area contributed by atoms with Crippen LogP contribution in [0.1, 0.15) is 36.8 Å². The fourth-order valence-corrected chi connectivity index (χ4v) is 2.72. The van der Waals surface area contributed by atoms with E-state index in [0.717, 1.165) is 30.3 Å². The number of hydrogen-bond acceptors (Lipinski definition) is 5. The number of rotatable bonds is 6. The molecule has 5 heteroatoms. The predicted molar refractivity (Wildman–Crippen MR) is 85.3 cm³/mol. The van der Waals surface area contributed by atoms with Crippen molar-refractivity contribution in [1.29, 1.82) is 0 Å². The number of anilines is 1. The van der Waals surface area contributed by atoms with Gasteiger partial charge < -0.3 is 10.2 Å². The predicted octanol–water partition coefficient (Wildman–Crippen LogP) is 3.02. The van der Waals surface area contributed by atoms with Gasteiger partial charge in [-0.05, 0) is 29.4 Å². The zero-order chi connectivity index (χ0) is 14.5. The summed E-state index contributed by atoms with van der Waals surface area (Å²) < 4.78 is 0. The van der Waals surface area contributed by atoms with Gasteiger partial charge in [0.05, 0.1) is 17.6 Å². The van der Waals surface area contributed by atoms with E-state index in [2.05, 4.69) is 52.9 Å². The fraction of sp³-hybridized carbons (Fsp3) is 0.467. The highest BCUT2D eigenvalue weighted by molar-refractivity contribution is 7.07. The van der Waals surface area contributed by atoms with Crippen LogP contribution in [-0.4, -0.2) is 24.1 Å². The van der Waals surface area contributed by atoms with Crippen LogP contribution in [0, 0.1) is 0 Å². The van der Waals surface area contributed by atoms with Crippen molar-refractivity contribution in [3.63, 3.8) is 0 Å². The molecule has 0 aliphatic rings. The Bertz CT molecular complexity index is 537. The van der Waals surface area contributed by atoms with Crippen LogP contribution in [0.4, 0.5) is 5.69 Å². The van der Waals surface area contributed by atoms with E-state index in [0.29, 0.717) is 5.92 Å². The average molecular weight is 290 g/mol. The van der Waals surface area contributed by atoms with Gasteiger partial charge in [0.1, 0.15) is 5.82 Å². The second-order valence-electron chi connectivity index (χ2n) is 5.23. The van der Waals surface area contributed by atoms with Gasteiger partial charge >= 0.3 is 0 Å². The zero-order valence-corrected chi connectivity index (χ0v) is 13.4. The van der Waals surface area contributed by atoms with Crippen LogP contribution >= 0.6 is 11.3 Å². The molecule has 0 unspecified atom stereocenters. The van der Waals surface area contributed by atoms with Crippen molar-refractivity contribution >= 4 is 17.0 Å². The number of aromatic nitrogens is 2. The third-order valence-electron chi connectivity index (χ3n) is 3.14.